The van der Waals surface area contributed by atoms with Crippen LogP contribution in [-0.2, 0) is 19.2 Å². The van der Waals surface area contributed by atoms with E-state index in [1.54, 1.807) is 82.8 Å². The highest BCUT2D eigenvalue weighted by Gasteiger charge is 2.74. The quantitative estimate of drug-likeness (QED) is 0.307. The Morgan fingerprint density at radius 2 is 0.932 bits per heavy atom. The topological polar surface area (TPSA) is 126 Å². The number of benzene rings is 2. The lowest BCUT2D eigenvalue weighted by Gasteiger charge is -2.34. The number of carbonyl (C=O) groups excluding carboxylic acids is 4. The van der Waals surface area contributed by atoms with E-state index in [2.05, 4.69) is 0 Å². The summed E-state index contributed by atoms with van der Waals surface area (Å²) < 4.78 is 22.7. The summed E-state index contributed by atoms with van der Waals surface area (Å²) >= 11 is 0. The van der Waals surface area contributed by atoms with Crippen molar-refractivity contribution >= 4 is 35.0 Å². The summed E-state index contributed by atoms with van der Waals surface area (Å²) in [6, 6.07) is 16.6. The predicted molar refractivity (Wildman–Crippen MR) is 152 cm³/mol. The molecule has 4 aliphatic rings. The van der Waals surface area contributed by atoms with Crippen molar-refractivity contribution in [3.63, 3.8) is 0 Å². The van der Waals surface area contributed by atoms with Gasteiger partial charge in [-0.3, -0.25) is 19.2 Å². The van der Waals surface area contributed by atoms with Crippen LogP contribution in [0.1, 0.15) is 23.6 Å². The van der Waals surface area contributed by atoms with Gasteiger partial charge in [0.05, 0.1) is 62.0 Å². The van der Waals surface area contributed by atoms with Gasteiger partial charge in [0, 0.05) is 0 Å². The molecular weight excluding hydrogens is 568 g/mol. The van der Waals surface area contributed by atoms with E-state index in [4.69, 9.17) is 18.3 Å². The minimum Gasteiger partial charge on any atom is -0.495 e. The third kappa shape index (κ3) is 3.34. The monoisotopic (exact) mass is 594 g/mol. The zero-order valence-electron chi connectivity index (χ0n) is 23.6. The maximum absolute atomic E-state index is 14.4. The fraction of sp³-hybridized carbons (Fsp3) is 0.250. The van der Waals surface area contributed by atoms with Crippen LogP contribution in [-0.4, -0.2) is 59.9 Å². The van der Waals surface area contributed by atoms with E-state index in [-0.39, 0.29) is 0 Å². The smallest absolute Gasteiger partial charge is 0.253 e. The van der Waals surface area contributed by atoms with Crippen LogP contribution in [0.2, 0.25) is 0 Å². The number of carbonyl (C=O) groups is 4. The molecule has 8 rings (SSSR count). The largest absolute Gasteiger partial charge is 0.495 e. The number of imide groups is 2. The van der Waals surface area contributed by atoms with Crippen molar-refractivity contribution in [1.29, 1.82) is 0 Å². The zero-order valence-corrected chi connectivity index (χ0v) is 23.6. The van der Waals surface area contributed by atoms with Crippen LogP contribution in [0.5, 0.6) is 11.5 Å². The van der Waals surface area contributed by atoms with Gasteiger partial charge in [0.2, 0.25) is 11.8 Å². The summed E-state index contributed by atoms with van der Waals surface area (Å²) in [7, 11) is 2.94. The standard InChI is InChI=1S/C32H26N4O8/c1-41-19-11-5-3-9-17(19)33-29(37)23-25(21-13-7-15-43-21)36-28-24(26(22-14-8-16-44-22)35(36)27(23)31(33)39)30(38)34(32(28)40)18-10-4-6-12-20(18)42-2/h3-16,23-28H,1-2H3/t23-,24-,25-,26+,27+,28-/m1/s1. The van der Waals surface area contributed by atoms with Gasteiger partial charge in [0.25, 0.3) is 11.8 Å². The van der Waals surface area contributed by atoms with Gasteiger partial charge in [-0.1, -0.05) is 24.3 Å². The predicted octanol–water partition coefficient (Wildman–Crippen LogP) is 3.33. The molecule has 6 atom stereocenters. The summed E-state index contributed by atoms with van der Waals surface area (Å²) in [5, 5.41) is 3.41. The van der Waals surface area contributed by atoms with E-state index in [1.807, 2.05) is 0 Å². The molecule has 4 fully saturated rings. The van der Waals surface area contributed by atoms with Gasteiger partial charge < -0.3 is 18.3 Å². The summed E-state index contributed by atoms with van der Waals surface area (Å²) in [6.07, 6.45) is 2.96. The van der Waals surface area contributed by atoms with Crippen LogP contribution < -0.4 is 19.3 Å². The van der Waals surface area contributed by atoms with Crippen LogP contribution >= 0.6 is 0 Å². The Balaban J connectivity index is 1.31. The van der Waals surface area contributed by atoms with Crippen molar-refractivity contribution in [2.45, 2.75) is 24.2 Å². The first kappa shape index (κ1) is 26.4. The van der Waals surface area contributed by atoms with Gasteiger partial charge in [-0.2, -0.15) is 0 Å². The van der Waals surface area contributed by atoms with E-state index >= 15 is 0 Å². The Bertz CT molecular complexity index is 1670. The number of methoxy groups -OCH3 is 2. The number of hydrogen-bond acceptors (Lipinski definition) is 10. The first-order chi connectivity index (χ1) is 21.5. The number of fused-ring (bicyclic) bond motifs is 5. The maximum atomic E-state index is 14.4. The number of amides is 4. The van der Waals surface area contributed by atoms with Crippen molar-refractivity contribution in [2.75, 3.05) is 24.0 Å². The van der Waals surface area contributed by atoms with E-state index < -0.39 is 59.6 Å². The zero-order chi connectivity index (χ0) is 30.3. The summed E-state index contributed by atoms with van der Waals surface area (Å²) in [5.41, 5.74) is 0.625. The van der Waals surface area contributed by atoms with E-state index in [9.17, 15) is 19.2 Å². The molecule has 0 unspecified atom stereocenters. The third-order valence-electron chi connectivity index (χ3n) is 9.05. The van der Waals surface area contributed by atoms with Crippen LogP contribution in [0.15, 0.2) is 94.2 Å². The molecule has 2 aromatic carbocycles. The van der Waals surface area contributed by atoms with E-state index in [0.29, 0.717) is 34.4 Å². The van der Waals surface area contributed by atoms with Gasteiger partial charge in [-0.15, -0.1) is 0 Å². The average molecular weight is 595 g/mol. The second-order valence-electron chi connectivity index (χ2n) is 11.0. The molecule has 4 saturated heterocycles. The molecular formula is C32H26N4O8. The minimum atomic E-state index is -1.05. The Morgan fingerprint density at radius 1 is 0.523 bits per heavy atom. The highest BCUT2D eigenvalue weighted by atomic mass is 16.5. The molecule has 4 aliphatic heterocycles. The molecule has 4 aromatic rings. The molecule has 12 heteroatoms. The van der Waals surface area contributed by atoms with E-state index in [0.717, 1.165) is 9.80 Å². The molecule has 0 radical (unpaired) electrons. The molecule has 0 aliphatic carbocycles. The molecule has 0 saturated carbocycles. The highest BCUT2D eigenvalue weighted by Crippen LogP contribution is 2.60. The lowest BCUT2D eigenvalue weighted by Crippen LogP contribution is -2.50. The van der Waals surface area contributed by atoms with Gasteiger partial charge in [0.1, 0.15) is 35.1 Å². The first-order valence-electron chi connectivity index (χ1n) is 14.1. The Morgan fingerprint density at radius 3 is 1.30 bits per heavy atom. The molecule has 222 valence electrons. The molecule has 44 heavy (non-hydrogen) atoms. The van der Waals surface area contributed by atoms with Crippen molar-refractivity contribution in [3.8, 4) is 11.5 Å². The fourth-order valence-corrected chi connectivity index (χ4v) is 7.42. The maximum Gasteiger partial charge on any atom is 0.253 e. The van der Waals surface area contributed by atoms with Gasteiger partial charge >= 0.3 is 0 Å². The highest BCUT2D eigenvalue weighted by molar-refractivity contribution is 6.26. The number of anilines is 2. The molecule has 12 nitrogen and oxygen atoms in total. The third-order valence-corrected chi connectivity index (χ3v) is 9.05. The van der Waals surface area contributed by atoms with Gasteiger partial charge in [-0.25, -0.2) is 19.8 Å². The fourth-order valence-electron chi connectivity index (χ4n) is 7.42. The Labute approximate surface area is 250 Å². The van der Waals surface area contributed by atoms with Crippen LogP contribution in [0.3, 0.4) is 0 Å². The Hall–Kier alpha value is -5.20. The van der Waals surface area contributed by atoms with Crippen molar-refractivity contribution in [3.05, 3.63) is 96.8 Å². The van der Waals surface area contributed by atoms with E-state index in [1.165, 1.54) is 26.7 Å². The number of nitrogens with zero attached hydrogens (tertiary/aromatic N) is 4. The molecule has 0 spiro atoms. The lowest BCUT2D eigenvalue weighted by atomic mass is 9.87. The van der Waals surface area contributed by atoms with Crippen LogP contribution in [0, 0.1) is 11.8 Å². The first-order valence-corrected chi connectivity index (χ1v) is 14.1. The Kier molecular flexibility index (Phi) is 5.80. The van der Waals surface area contributed by atoms with Crippen LogP contribution in [0.4, 0.5) is 11.4 Å². The van der Waals surface area contributed by atoms with Crippen molar-refractivity contribution < 1.29 is 37.5 Å². The summed E-state index contributed by atoms with van der Waals surface area (Å²) in [6.45, 7) is 0. The van der Waals surface area contributed by atoms with Gasteiger partial charge in [-0.05, 0) is 48.5 Å². The number of hydrazine groups is 1. The van der Waals surface area contributed by atoms with Crippen molar-refractivity contribution in [1.82, 2.24) is 10.0 Å². The molecule has 4 amide bonds. The molecule has 6 heterocycles. The molecule has 0 bridgehead atoms. The number of rotatable bonds is 6. The normalized spacial score (nSPS) is 28.1. The van der Waals surface area contributed by atoms with Crippen LogP contribution in [0.25, 0.3) is 0 Å². The summed E-state index contributed by atoms with van der Waals surface area (Å²) in [4.78, 5) is 59.8. The van der Waals surface area contributed by atoms with Crippen molar-refractivity contribution in [2.24, 2.45) is 11.8 Å². The number of ether oxygens (including phenoxy) is 2. The molecule has 2 aromatic heterocycles. The summed E-state index contributed by atoms with van der Waals surface area (Å²) in [5.74, 6) is -2.34. The lowest BCUT2D eigenvalue weighted by molar-refractivity contribution is -0.136. The second kappa shape index (κ2) is 9.66. The molecule has 0 N–H and O–H groups in total. The van der Waals surface area contributed by atoms with Gasteiger partial charge in [0.15, 0.2) is 0 Å². The second-order valence-corrected chi connectivity index (χ2v) is 11.0. The minimum absolute atomic E-state index is 0.313. The SMILES string of the molecule is COc1ccccc1N1C(=O)[C@H]2[C@@H](C1=O)N1[C@@H](c3ccco3)[C@H]3C(=O)N(c4ccccc4OC)C(=O)[C@@H]3N1[C@@H]2c1ccco1. The number of para-hydroxylation sites is 4. The number of furan rings is 2. The average Bonchev–Trinajstić information content (AvgIpc) is 3.88. The number of hydrogen-bond donors (Lipinski definition) is 0.